The van der Waals surface area contributed by atoms with Gasteiger partial charge in [0.25, 0.3) is 11.8 Å². The topological polar surface area (TPSA) is 93.9 Å². The van der Waals surface area contributed by atoms with Gasteiger partial charge in [-0.2, -0.15) is 0 Å². The molecule has 0 saturated heterocycles. The van der Waals surface area contributed by atoms with Crippen molar-refractivity contribution in [3.63, 3.8) is 0 Å². The summed E-state index contributed by atoms with van der Waals surface area (Å²) >= 11 is 0. The Morgan fingerprint density at radius 1 is 0.882 bits per heavy atom. The largest absolute Gasteiger partial charge is 0.457 e. The molecule has 5 rings (SSSR count). The Balaban J connectivity index is 1.32. The molecule has 0 fully saturated rings. The molecule has 0 aliphatic carbocycles. The van der Waals surface area contributed by atoms with Crippen molar-refractivity contribution in [3.05, 3.63) is 117 Å². The van der Waals surface area contributed by atoms with Gasteiger partial charge in [0.1, 0.15) is 12.2 Å². The van der Waals surface area contributed by atoms with Crippen LogP contribution in [0.3, 0.4) is 0 Å². The Labute approximate surface area is 194 Å². The summed E-state index contributed by atoms with van der Waals surface area (Å²) < 4.78 is 10.7. The molecule has 168 valence electrons. The van der Waals surface area contributed by atoms with E-state index in [4.69, 9.17) is 9.15 Å². The number of ether oxygens (including phenoxy) is 1. The van der Waals surface area contributed by atoms with Gasteiger partial charge in [-0.3, -0.25) is 14.5 Å². The van der Waals surface area contributed by atoms with E-state index in [1.54, 1.807) is 54.6 Å². The van der Waals surface area contributed by atoms with Crippen LogP contribution in [0.1, 0.15) is 47.8 Å². The second-order valence-corrected chi connectivity index (χ2v) is 8.11. The highest BCUT2D eigenvalue weighted by atomic mass is 16.5. The van der Waals surface area contributed by atoms with Gasteiger partial charge in [-0.05, 0) is 48.4 Å². The Kier molecular flexibility index (Phi) is 5.30. The van der Waals surface area contributed by atoms with E-state index < -0.39 is 11.6 Å². The molecule has 0 unspecified atom stereocenters. The second kappa shape index (κ2) is 8.44. The minimum absolute atomic E-state index is 0.0389. The van der Waals surface area contributed by atoms with E-state index in [-0.39, 0.29) is 30.5 Å². The number of rotatable bonds is 5. The van der Waals surface area contributed by atoms with E-state index in [2.05, 4.69) is 0 Å². The molecule has 0 bridgehead atoms. The van der Waals surface area contributed by atoms with Crippen LogP contribution < -0.4 is 5.63 Å². The van der Waals surface area contributed by atoms with Gasteiger partial charge in [0, 0.05) is 17.0 Å². The van der Waals surface area contributed by atoms with Gasteiger partial charge in [-0.15, -0.1) is 0 Å². The van der Waals surface area contributed by atoms with Crippen molar-refractivity contribution in [2.45, 2.75) is 20.1 Å². The summed E-state index contributed by atoms with van der Waals surface area (Å²) in [7, 11) is 0. The predicted molar refractivity (Wildman–Crippen MR) is 123 cm³/mol. The Hall–Kier alpha value is -4.52. The van der Waals surface area contributed by atoms with Crippen molar-refractivity contribution in [3.8, 4) is 0 Å². The number of esters is 1. The number of amides is 2. The van der Waals surface area contributed by atoms with Crippen LogP contribution >= 0.6 is 0 Å². The molecule has 0 N–H and O–H groups in total. The average molecular weight is 453 g/mol. The highest BCUT2D eigenvalue weighted by Crippen LogP contribution is 2.25. The number of hydrogen-bond donors (Lipinski definition) is 0. The van der Waals surface area contributed by atoms with Crippen molar-refractivity contribution in [2.24, 2.45) is 0 Å². The first-order valence-electron chi connectivity index (χ1n) is 10.7. The highest BCUT2D eigenvalue weighted by molar-refractivity contribution is 6.21. The zero-order valence-corrected chi connectivity index (χ0v) is 18.2. The summed E-state index contributed by atoms with van der Waals surface area (Å²) in [5, 5.41) is 0.692. The predicted octanol–water partition coefficient (Wildman–Crippen LogP) is 4.25. The van der Waals surface area contributed by atoms with Gasteiger partial charge >= 0.3 is 11.6 Å². The van der Waals surface area contributed by atoms with Crippen LogP contribution in [0, 0.1) is 6.92 Å². The van der Waals surface area contributed by atoms with Crippen LogP contribution in [0.4, 0.5) is 0 Å². The van der Waals surface area contributed by atoms with Crippen LogP contribution in [0.15, 0.2) is 82.0 Å². The van der Waals surface area contributed by atoms with Crippen molar-refractivity contribution < 1.29 is 23.5 Å². The maximum Gasteiger partial charge on any atom is 0.338 e. The normalized spacial score (nSPS) is 12.8. The zero-order chi connectivity index (χ0) is 23.8. The van der Waals surface area contributed by atoms with Crippen LogP contribution in [0.2, 0.25) is 0 Å². The first-order chi connectivity index (χ1) is 16.4. The minimum Gasteiger partial charge on any atom is -0.457 e. The molecule has 1 aromatic heterocycles. The fraction of sp³-hybridized carbons (Fsp3) is 0.111. The first-order valence-corrected chi connectivity index (χ1v) is 10.7. The summed E-state index contributed by atoms with van der Waals surface area (Å²) in [5.41, 5.74) is 3.04. The number of fused-ring (bicyclic) bond motifs is 2. The monoisotopic (exact) mass is 453 g/mol. The summed E-state index contributed by atoms with van der Waals surface area (Å²) in [6, 6.07) is 20.0. The maximum absolute atomic E-state index is 12.7. The van der Waals surface area contributed by atoms with Crippen LogP contribution in [0.5, 0.6) is 0 Å². The summed E-state index contributed by atoms with van der Waals surface area (Å²) in [6.45, 7) is 1.82. The lowest BCUT2D eigenvalue weighted by Gasteiger charge is -2.14. The first kappa shape index (κ1) is 21.3. The average Bonchev–Trinajstić information content (AvgIpc) is 3.07. The van der Waals surface area contributed by atoms with Crippen molar-refractivity contribution in [1.29, 1.82) is 0 Å². The van der Waals surface area contributed by atoms with Crippen molar-refractivity contribution in [1.82, 2.24) is 4.90 Å². The maximum atomic E-state index is 12.7. The van der Waals surface area contributed by atoms with E-state index >= 15 is 0 Å². The van der Waals surface area contributed by atoms with Gasteiger partial charge < -0.3 is 9.15 Å². The molecule has 0 atom stereocenters. The van der Waals surface area contributed by atoms with E-state index in [0.717, 1.165) is 10.5 Å². The molecule has 7 heteroatoms. The van der Waals surface area contributed by atoms with Gasteiger partial charge in [0.15, 0.2) is 0 Å². The molecule has 0 radical (unpaired) electrons. The van der Waals surface area contributed by atoms with Gasteiger partial charge in [-0.25, -0.2) is 9.59 Å². The Morgan fingerprint density at radius 3 is 2.35 bits per heavy atom. The number of aryl methyl sites for hydroxylation is 1. The van der Waals surface area contributed by atoms with E-state index in [0.29, 0.717) is 33.2 Å². The number of hydrogen-bond acceptors (Lipinski definition) is 6. The molecule has 3 aromatic carbocycles. The molecule has 7 nitrogen and oxygen atoms in total. The number of carbonyl (C=O) groups is 3. The Morgan fingerprint density at radius 2 is 1.62 bits per heavy atom. The zero-order valence-electron chi connectivity index (χ0n) is 18.2. The lowest BCUT2D eigenvalue weighted by molar-refractivity contribution is 0.0473. The molecule has 2 amide bonds. The van der Waals surface area contributed by atoms with E-state index in [1.165, 1.54) is 6.07 Å². The van der Waals surface area contributed by atoms with Crippen molar-refractivity contribution in [2.75, 3.05) is 0 Å². The fourth-order valence-electron chi connectivity index (χ4n) is 4.05. The molecule has 2 heterocycles. The molecule has 1 aliphatic rings. The summed E-state index contributed by atoms with van der Waals surface area (Å²) in [6.07, 6.45) is 0. The molecule has 0 saturated carbocycles. The molecular formula is C27H19NO6. The van der Waals surface area contributed by atoms with Gasteiger partial charge in [0.2, 0.25) is 0 Å². The third-order valence-electron chi connectivity index (χ3n) is 5.73. The Bertz CT molecular complexity index is 1500. The fourth-order valence-corrected chi connectivity index (χ4v) is 4.05. The summed E-state index contributed by atoms with van der Waals surface area (Å²) in [5.74, 6) is -1.31. The summed E-state index contributed by atoms with van der Waals surface area (Å²) in [4.78, 5) is 51.0. The standard InChI is InChI=1S/C27H19NO6/c1-16-9-10-20-19(13-24(29)34-23(20)11-16)15-33-27(32)18-6-4-5-17(12-18)14-28-25(30)21-7-2-3-8-22(21)26(28)31/h2-13H,14-15H2,1H3. The third kappa shape index (κ3) is 3.88. The third-order valence-corrected chi connectivity index (χ3v) is 5.73. The number of imide groups is 1. The molecule has 34 heavy (non-hydrogen) atoms. The van der Waals surface area contributed by atoms with E-state index in [1.807, 2.05) is 19.1 Å². The lowest BCUT2D eigenvalue weighted by Crippen LogP contribution is -2.29. The number of benzene rings is 3. The smallest absolute Gasteiger partial charge is 0.338 e. The molecule has 1 aliphatic heterocycles. The SMILES string of the molecule is Cc1ccc2c(COC(=O)c3cccc(CN4C(=O)c5ccccc5C4=O)c3)cc(=O)oc2c1. The molecule has 4 aromatic rings. The number of nitrogens with zero attached hydrogens (tertiary/aromatic N) is 1. The molecule has 0 spiro atoms. The molecular weight excluding hydrogens is 434 g/mol. The van der Waals surface area contributed by atoms with Gasteiger partial charge in [-0.1, -0.05) is 36.4 Å². The second-order valence-electron chi connectivity index (χ2n) is 8.11. The highest BCUT2D eigenvalue weighted by Gasteiger charge is 2.35. The van der Waals surface area contributed by atoms with Crippen molar-refractivity contribution >= 4 is 28.8 Å². The van der Waals surface area contributed by atoms with E-state index in [9.17, 15) is 19.2 Å². The van der Waals surface area contributed by atoms with Crippen LogP contribution in [-0.4, -0.2) is 22.7 Å². The van der Waals surface area contributed by atoms with Crippen LogP contribution in [-0.2, 0) is 17.9 Å². The minimum atomic E-state index is -0.585. The quantitative estimate of drug-likeness (QED) is 0.255. The van der Waals surface area contributed by atoms with Gasteiger partial charge in [0.05, 0.1) is 23.2 Å². The van der Waals surface area contributed by atoms with Crippen LogP contribution in [0.25, 0.3) is 11.0 Å². The lowest BCUT2D eigenvalue weighted by atomic mass is 10.1. The number of carbonyl (C=O) groups excluding carboxylic acids is 3.